The maximum atomic E-state index is 12.8. The molecule has 1 N–H and O–H groups in total. The molecule has 8 heteroatoms. The first-order chi connectivity index (χ1) is 11.9. The lowest BCUT2D eigenvalue weighted by molar-refractivity contribution is -0.131. The number of carbonyl (C=O) groups excluding carboxylic acids is 2. The van der Waals surface area contributed by atoms with Crippen molar-refractivity contribution in [2.24, 2.45) is 0 Å². The number of hydrogen-bond acceptors (Lipinski definition) is 4. The molecule has 1 aromatic carbocycles. The Kier molecular flexibility index (Phi) is 4.71. The number of benzene rings is 1. The zero-order valence-electron chi connectivity index (χ0n) is 13.3. The van der Waals surface area contributed by atoms with Crippen molar-refractivity contribution in [3.05, 3.63) is 59.9 Å². The summed E-state index contributed by atoms with van der Waals surface area (Å²) < 4.78 is 24.7. The van der Waals surface area contributed by atoms with E-state index in [1.54, 1.807) is 55.6 Å². The summed E-state index contributed by atoms with van der Waals surface area (Å²) in [4.78, 5) is 30.7. The van der Waals surface area contributed by atoms with E-state index in [1.807, 2.05) is 0 Å². The summed E-state index contributed by atoms with van der Waals surface area (Å²) in [5.74, 6) is -2.89. The SMILES string of the molecule is CC1(c2ccccn2)NC(=O)N(Cc2ccc(SC(F)F)cc2)C1=O. The molecule has 1 atom stereocenters. The molecular weight excluding hydrogens is 348 g/mol. The molecule has 2 heterocycles. The second kappa shape index (κ2) is 6.79. The molecule has 1 aromatic heterocycles. The van der Waals surface area contributed by atoms with Gasteiger partial charge in [-0.3, -0.25) is 14.7 Å². The Morgan fingerprint density at radius 3 is 2.52 bits per heavy atom. The summed E-state index contributed by atoms with van der Waals surface area (Å²) in [7, 11) is 0. The Labute approximate surface area is 147 Å². The van der Waals surface area contributed by atoms with Crippen LogP contribution in [0.5, 0.6) is 0 Å². The van der Waals surface area contributed by atoms with Crippen molar-refractivity contribution in [3.8, 4) is 0 Å². The van der Waals surface area contributed by atoms with Crippen LogP contribution in [0, 0.1) is 0 Å². The number of halogens is 2. The predicted octanol–water partition coefficient (Wildman–Crippen LogP) is 3.36. The normalized spacial score (nSPS) is 20.2. The number of thioether (sulfide) groups is 1. The van der Waals surface area contributed by atoms with Gasteiger partial charge in [-0.05, 0) is 36.8 Å². The van der Waals surface area contributed by atoms with Crippen LogP contribution in [0.1, 0.15) is 18.2 Å². The lowest BCUT2D eigenvalue weighted by Crippen LogP contribution is -2.41. The zero-order chi connectivity index (χ0) is 18.0. The highest BCUT2D eigenvalue weighted by Crippen LogP contribution is 2.29. The van der Waals surface area contributed by atoms with Crippen LogP contribution in [0.4, 0.5) is 13.6 Å². The molecule has 1 aliphatic heterocycles. The molecule has 0 aliphatic carbocycles. The predicted molar refractivity (Wildman–Crippen MR) is 89.0 cm³/mol. The first-order valence-electron chi connectivity index (χ1n) is 7.49. The summed E-state index contributed by atoms with van der Waals surface area (Å²) in [6.07, 6.45) is 1.56. The molecule has 1 fully saturated rings. The van der Waals surface area contributed by atoms with Crippen molar-refractivity contribution in [2.75, 3.05) is 0 Å². The largest absolute Gasteiger partial charge is 0.325 e. The lowest BCUT2D eigenvalue weighted by atomic mass is 9.97. The number of alkyl halides is 2. The van der Waals surface area contributed by atoms with Crippen molar-refractivity contribution in [1.82, 2.24) is 15.2 Å². The number of rotatable bonds is 5. The third-order valence-electron chi connectivity index (χ3n) is 3.94. The molecule has 0 radical (unpaired) electrons. The monoisotopic (exact) mass is 363 g/mol. The van der Waals surface area contributed by atoms with Gasteiger partial charge in [-0.1, -0.05) is 30.0 Å². The fourth-order valence-corrected chi connectivity index (χ4v) is 3.13. The van der Waals surface area contributed by atoms with Gasteiger partial charge in [-0.25, -0.2) is 4.79 Å². The Hall–Kier alpha value is -2.48. The number of nitrogens with zero attached hydrogens (tertiary/aromatic N) is 2. The van der Waals surface area contributed by atoms with Gasteiger partial charge >= 0.3 is 6.03 Å². The second-order valence-corrected chi connectivity index (χ2v) is 6.75. The summed E-state index contributed by atoms with van der Waals surface area (Å²) >= 11 is 0.447. The summed E-state index contributed by atoms with van der Waals surface area (Å²) in [6.45, 7) is 1.67. The van der Waals surface area contributed by atoms with Crippen molar-refractivity contribution in [1.29, 1.82) is 0 Å². The minimum Gasteiger partial charge on any atom is -0.318 e. The maximum absolute atomic E-state index is 12.8. The van der Waals surface area contributed by atoms with Crippen LogP contribution in [-0.4, -0.2) is 27.6 Å². The van der Waals surface area contributed by atoms with Crippen molar-refractivity contribution < 1.29 is 18.4 Å². The lowest BCUT2D eigenvalue weighted by Gasteiger charge is -2.21. The molecule has 25 heavy (non-hydrogen) atoms. The molecule has 0 saturated carbocycles. The minimum absolute atomic E-state index is 0.0622. The highest BCUT2D eigenvalue weighted by molar-refractivity contribution is 7.99. The van der Waals surface area contributed by atoms with E-state index >= 15 is 0 Å². The first kappa shape index (κ1) is 17.3. The number of carbonyl (C=O) groups is 2. The average Bonchev–Trinajstić information content (AvgIpc) is 2.81. The molecular formula is C17H15F2N3O2S. The van der Waals surface area contributed by atoms with Gasteiger partial charge in [0.05, 0.1) is 12.2 Å². The van der Waals surface area contributed by atoms with Gasteiger partial charge < -0.3 is 5.32 Å². The van der Waals surface area contributed by atoms with Crippen LogP contribution < -0.4 is 5.32 Å². The zero-order valence-corrected chi connectivity index (χ0v) is 14.1. The number of imide groups is 1. The minimum atomic E-state index is -2.49. The van der Waals surface area contributed by atoms with E-state index in [0.29, 0.717) is 27.9 Å². The van der Waals surface area contributed by atoms with E-state index < -0.39 is 23.2 Å². The van der Waals surface area contributed by atoms with Gasteiger partial charge in [0.25, 0.3) is 11.7 Å². The molecule has 2 aromatic rings. The van der Waals surface area contributed by atoms with Crippen LogP contribution in [0.25, 0.3) is 0 Å². The number of pyridine rings is 1. The molecule has 0 bridgehead atoms. The summed E-state index contributed by atoms with van der Waals surface area (Å²) in [5.41, 5.74) is -0.0870. The quantitative estimate of drug-likeness (QED) is 0.654. The molecule has 1 unspecified atom stereocenters. The van der Waals surface area contributed by atoms with Crippen LogP contribution in [0.15, 0.2) is 53.6 Å². The van der Waals surface area contributed by atoms with Crippen LogP contribution >= 0.6 is 11.8 Å². The van der Waals surface area contributed by atoms with E-state index in [0.717, 1.165) is 4.90 Å². The number of hydrogen-bond donors (Lipinski definition) is 1. The van der Waals surface area contributed by atoms with Crippen molar-refractivity contribution in [3.63, 3.8) is 0 Å². The Morgan fingerprint density at radius 1 is 1.20 bits per heavy atom. The highest BCUT2D eigenvalue weighted by Gasteiger charge is 2.49. The fraction of sp³-hybridized carbons (Fsp3) is 0.235. The molecule has 3 rings (SSSR count). The van der Waals surface area contributed by atoms with E-state index in [4.69, 9.17) is 0 Å². The van der Waals surface area contributed by atoms with E-state index in [-0.39, 0.29) is 6.54 Å². The Bertz CT molecular complexity index is 786. The van der Waals surface area contributed by atoms with E-state index in [1.165, 1.54) is 0 Å². The van der Waals surface area contributed by atoms with Crippen LogP contribution in [0.2, 0.25) is 0 Å². The van der Waals surface area contributed by atoms with Gasteiger partial charge in [0, 0.05) is 11.1 Å². The van der Waals surface area contributed by atoms with Gasteiger partial charge in [0.2, 0.25) is 0 Å². The second-order valence-electron chi connectivity index (χ2n) is 5.68. The standard InChI is InChI=1S/C17H15F2N3O2S/c1-17(13-4-2-3-9-20-13)14(23)22(16(24)21-17)10-11-5-7-12(8-6-11)25-15(18)19/h2-9,15H,10H2,1H3,(H,21,24). The number of nitrogens with one attached hydrogen (secondary N) is 1. The average molecular weight is 363 g/mol. The smallest absolute Gasteiger partial charge is 0.318 e. The molecule has 5 nitrogen and oxygen atoms in total. The van der Waals surface area contributed by atoms with Crippen LogP contribution in [0.3, 0.4) is 0 Å². The number of amides is 3. The summed E-state index contributed by atoms with van der Waals surface area (Å²) in [5, 5.41) is 2.68. The topological polar surface area (TPSA) is 62.3 Å². The first-order valence-corrected chi connectivity index (χ1v) is 8.37. The Balaban J connectivity index is 1.77. The molecule has 3 amide bonds. The van der Waals surface area contributed by atoms with Gasteiger partial charge in [-0.2, -0.15) is 8.78 Å². The number of urea groups is 1. The summed E-state index contributed by atoms with van der Waals surface area (Å²) in [6, 6.07) is 11.0. The van der Waals surface area contributed by atoms with Crippen molar-refractivity contribution in [2.45, 2.75) is 29.7 Å². The Morgan fingerprint density at radius 2 is 1.92 bits per heavy atom. The maximum Gasteiger partial charge on any atom is 0.325 e. The molecule has 130 valence electrons. The van der Waals surface area contributed by atoms with Gasteiger partial charge in [0.15, 0.2) is 5.54 Å². The molecule has 1 aliphatic rings. The highest BCUT2D eigenvalue weighted by atomic mass is 32.2. The van der Waals surface area contributed by atoms with Crippen molar-refractivity contribution >= 4 is 23.7 Å². The fourth-order valence-electron chi connectivity index (χ4n) is 2.63. The van der Waals surface area contributed by atoms with E-state index in [2.05, 4.69) is 10.3 Å². The van der Waals surface area contributed by atoms with E-state index in [9.17, 15) is 18.4 Å². The third kappa shape index (κ3) is 3.48. The molecule has 1 saturated heterocycles. The van der Waals surface area contributed by atoms with Crippen LogP contribution in [-0.2, 0) is 16.9 Å². The van der Waals surface area contributed by atoms with Gasteiger partial charge in [-0.15, -0.1) is 0 Å². The number of aromatic nitrogens is 1. The third-order valence-corrected chi connectivity index (χ3v) is 4.66. The molecule has 0 spiro atoms. The van der Waals surface area contributed by atoms with Gasteiger partial charge in [0.1, 0.15) is 0 Å².